The van der Waals surface area contributed by atoms with Crippen LogP contribution < -0.4 is 15.4 Å². The van der Waals surface area contributed by atoms with Crippen molar-refractivity contribution in [1.82, 2.24) is 10.3 Å². The lowest BCUT2D eigenvalue weighted by atomic mass is 9.85. The smallest absolute Gasteiger partial charge is 0.319 e. The Balaban J connectivity index is 2.66. The maximum atomic E-state index is 11.9. The van der Waals surface area contributed by atoms with Gasteiger partial charge in [-0.25, -0.2) is 9.78 Å². The molecule has 2 amide bonds. The summed E-state index contributed by atoms with van der Waals surface area (Å²) in [4.78, 5) is 26.8. The van der Waals surface area contributed by atoms with Crippen LogP contribution >= 0.6 is 0 Å². The number of urea groups is 1. The third-order valence-corrected chi connectivity index (χ3v) is 2.93. The Kier molecular flexibility index (Phi) is 5.52. The van der Waals surface area contributed by atoms with E-state index in [0.717, 1.165) is 0 Å². The number of amides is 2. The quantitative estimate of drug-likeness (QED) is 0.772. The molecule has 1 unspecified atom stereocenters. The van der Waals surface area contributed by atoms with E-state index in [1.54, 1.807) is 12.1 Å². The number of aromatic nitrogens is 1. The molecule has 0 aromatic carbocycles. The van der Waals surface area contributed by atoms with Crippen LogP contribution in [0.4, 0.5) is 10.5 Å². The summed E-state index contributed by atoms with van der Waals surface area (Å²) < 4.78 is 4.92. The van der Waals surface area contributed by atoms with Gasteiger partial charge >= 0.3 is 12.0 Å². The summed E-state index contributed by atoms with van der Waals surface area (Å²) in [6, 6.07) is 2.31. The number of ether oxygens (including phenoxy) is 1. The van der Waals surface area contributed by atoms with Gasteiger partial charge in [0.2, 0.25) is 5.88 Å². The minimum Gasteiger partial charge on any atom is -0.481 e. The first-order valence-electron chi connectivity index (χ1n) is 6.51. The summed E-state index contributed by atoms with van der Waals surface area (Å²) in [7, 11) is 1.50. The molecule has 0 spiro atoms. The van der Waals surface area contributed by atoms with E-state index in [-0.39, 0.29) is 11.8 Å². The highest BCUT2D eigenvalue weighted by atomic mass is 16.5. The summed E-state index contributed by atoms with van der Waals surface area (Å²) in [5.74, 6) is -0.513. The van der Waals surface area contributed by atoms with Gasteiger partial charge in [0.25, 0.3) is 0 Å². The zero-order chi connectivity index (χ0) is 16.0. The van der Waals surface area contributed by atoms with Crippen LogP contribution in [0.2, 0.25) is 0 Å². The number of nitrogens with zero attached hydrogens (tertiary/aromatic N) is 1. The molecule has 0 radical (unpaired) electrons. The zero-order valence-electron chi connectivity index (χ0n) is 12.6. The Morgan fingerprint density at radius 1 is 1.38 bits per heavy atom. The average Bonchev–Trinajstić information content (AvgIpc) is 2.37. The van der Waals surface area contributed by atoms with Crippen LogP contribution in [0, 0.1) is 5.41 Å². The number of methoxy groups -OCH3 is 1. The summed E-state index contributed by atoms with van der Waals surface area (Å²) in [6.07, 6.45) is 1.32. The van der Waals surface area contributed by atoms with Gasteiger partial charge in [0.15, 0.2) is 0 Å². The number of carbonyl (C=O) groups is 2. The number of nitrogens with one attached hydrogen (secondary N) is 2. The van der Waals surface area contributed by atoms with Crippen molar-refractivity contribution in [2.45, 2.75) is 33.2 Å². The fourth-order valence-electron chi connectivity index (χ4n) is 1.65. The maximum Gasteiger partial charge on any atom is 0.319 e. The molecule has 7 nitrogen and oxygen atoms in total. The second-order valence-electron chi connectivity index (χ2n) is 5.70. The molecule has 7 heteroatoms. The highest BCUT2D eigenvalue weighted by molar-refractivity contribution is 5.89. The van der Waals surface area contributed by atoms with Crippen LogP contribution in [0.1, 0.15) is 27.2 Å². The SMILES string of the molecule is COc1ccc(NC(=O)NC(CC(=O)O)C(C)(C)C)cn1. The Morgan fingerprint density at radius 2 is 2.05 bits per heavy atom. The zero-order valence-corrected chi connectivity index (χ0v) is 12.6. The topological polar surface area (TPSA) is 101 Å². The predicted molar refractivity (Wildman–Crippen MR) is 78.4 cm³/mol. The van der Waals surface area contributed by atoms with Gasteiger partial charge in [0, 0.05) is 12.1 Å². The number of aliphatic carboxylic acids is 1. The molecular formula is C14H21N3O4. The second-order valence-corrected chi connectivity index (χ2v) is 5.70. The lowest BCUT2D eigenvalue weighted by Crippen LogP contribution is -2.46. The van der Waals surface area contributed by atoms with Gasteiger partial charge in [-0.2, -0.15) is 0 Å². The predicted octanol–water partition coefficient (Wildman–Crippen LogP) is 2.10. The van der Waals surface area contributed by atoms with Crippen molar-refractivity contribution in [3.05, 3.63) is 18.3 Å². The molecule has 0 aliphatic heterocycles. The number of rotatable bonds is 5. The number of hydrogen-bond acceptors (Lipinski definition) is 4. The van der Waals surface area contributed by atoms with Gasteiger partial charge in [0.05, 0.1) is 25.4 Å². The van der Waals surface area contributed by atoms with E-state index in [1.807, 2.05) is 20.8 Å². The minimum atomic E-state index is -0.957. The van der Waals surface area contributed by atoms with Gasteiger partial charge in [-0.3, -0.25) is 4.79 Å². The van der Waals surface area contributed by atoms with Crippen LogP contribution in [0.5, 0.6) is 5.88 Å². The average molecular weight is 295 g/mol. The van der Waals surface area contributed by atoms with Gasteiger partial charge in [0.1, 0.15) is 0 Å². The van der Waals surface area contributed by atoms with E-state index in [2.05, 4.69) is 15.6 Å². The fraction of sp³-hybridized carbons (Fsp3) is 0.500. The Morgan fingerprint density at radius 3 is 2.48 bits per heavy atom. The third-order valence-electron chi connectivity index (χ3n) is 2.93. The Bertz CT molecular complexity index is 494. The molecule has 0 aliphatic rings. The van der Waals surface area contributed by atoms with Crippen molar-refractivity contribution in [1.29, 1.82) is 0 Å². The lowest BCUT2D eigenvalue weighted by Gasteiger charge is -2.30. The molecule has 21 heavy (non-hydrogen) atoms. The highest BCUT2D eigenvalue weighted by Crippen LogP contribution is 2.22. The molecule has 0 fully saturated rings. The molecule has 1 heterocycles. The van der Waals surface area contributed by atoms with Crippen molar-refractivity contribution in [3.8, 4) is 5.88 Å². The standard InChI is InChI=1S/C14H21N3O4/c1-14(2,3)10(7-12(18)19)17-13(20)16-9-5-6-11(21-4)15-8-9/h5-6,8,10H,7H2,1-4H3,(H,18,19)(H2,16,17,20). The minimum absolute atomic E-state index is 0.141. The molecule has 1 atom stereocenters. The first kappa shape index (κ1) is 16.7. The van der Waals surface area contributed by atoms with E-state index >= 15 is 0 Å². The molecule has 1 rings (SSSR count). The maximum absolute atomic E-state index is 11.9. The largest absolute Gasteiger partial charge is 0.481 e. The molecule has 0 bridgehead atoms. The van der Waals surface area contributed by atoms with Crippen LogP contribution in [0.3, 0.4) is 0 Å². The van der Waals surface area contributed by atoms with E-state index in [1.165, 1.54) is 13.3 Å². The molecule has 1 aromatic rings. The molecule has 1 aromatic heterocycles. The number of carboxylic acids is 1. The molecular weight excluding hydrogens is 274 g/mol. The second kappa shape index (κ2) is 6.92. The number of hydrogen-bond donors (Lipinski definition) is 3. The summed E-state index contributed by atoms with van der Waals surface area (Å²) in [5, 5.41) is 14.2. The Labute approximate surface area is 123 Å². The van der Waals surface area contributed by atoms with Gasteiger partial charge in [-0.15, -0.1) is 0 Å². The molecule has 0 aliphatic carbocycles. The molecule has 116 valence electrons. The normalized spacial score (nSPS) is 12.4. The van der Waals surface area contributed by atoms with Crippen LogP contribution in [0.25, 0.3) is 0 Å². The van der Waals surface area contributed by atoms with Crippen molar-refractivity contribution >= 4 is 17.7 Å². The van der Waals surface area contributed by atoms with E-state index in [4.69, 9.17) is 9.84 Å². The van der Waals surface area contributed by atoms with Gasteiger partial charge < -0.3 is 20.5 Å². The van der Waals surface area contributed by atoms with Crippen molar-refractivity contribution in [2.75, 3.05) is 12.4 Å². The number of carbonyl (C=O) groups excluding carboxylic acids is 1. The van der Waals surface area contributed by atoms with Gasteiger partial charge in [-0.05, 0) is 11.5 Å². The first-order valence-corrected chi connectivity index (χ1v) is 6.51. The number of pyridine rings is 1. The molecule has 3 N–H and O–H groups in total. The van der Waals surface area contributed by atoms with Crippen molar-refractivity contribution in [3.63, 3.8) is 0 Å². The number of carboxylic acid groups (broad SMARTS) is 1. The van der Waals surface area contributed by atoms with E-state index in [0.29, 0.717) is 11.6 Å². The first-order chi connectivity index (χ1) is 9.72. The summed E-state index contributed by atoms with van der Waals surface area (Å²) in [5.41, 5.74) is 0.129. The molecule has 0 saturated heterocycles. The van der Waals surface area contributed by atoms with Gasteiger partial charge in [-0.1, -0.05) is 20.8 Å². The van der Waals surface area contributed by atoms with Crippen LogP contribution in [-0.4, -0.2) is 35.2 Å². The summed E-state index contributed by atoms with van der Waals surface area (Å²) in [6.45, 7) is 5.61. The highest BCUT2D eigenvalue weighted by Gasteiger charge is 2.28. The van der Waals surface area contributed by atoms with E-state index < -0.39 is 18.0 Å². The fourth-order valence-corrected chi connectivity index (χ4v) is 1.65. The monoisotopic (exact) mass is 295 g/mol. The van der Waals surface area contributed by atoms with Crippen molar-refractivity contribution in [2.24, 2.45) is 5.41 Å². The van der Waals surface area contributed by atoms with Crippen LogP contribution in [-0.2, 0) is 4.79 Å². The lowest BCUT2D eigenvalue weighted by molar-refractivity contribution is -0.138. The van der Waals surface area contributed by atoms with E-state index in [9.17, 15) is 9.59 Å². The molecule has 0 saturated carbocycles. The van der Waals surface area contributed by atoms with Crippen molar-refractivity contribution < 1.29 is 19.4 Å². The van der Waals surface area contributed by atoms with Crippen LogP contribution in [0.15, 0.2) is 18.3 Å². The summed E-state index contributed by atoms with van der Waals surface area (Å²) >= 11 is 0. The third kappa shape index (κ3) is 5.68. The number of anilines is 1. The Hall–Kier alpha value is -2.31.